The first-order valence-electron chi connectivity index (χ1n) is 13.4. The smallest absolute Gasteiger partial charge is 0.478 e. The Kier molecular flexibility index (Phi) is 12.7. The number of rotatable bonds is 9. The minimum atomic E-state index is -4.39. The molecule has 4 aromatic rings. The van der Waals surface area contributed by atoms with E-state index in [9.17, 15) is 32.5 Å². The van der Waals surface area contributed by atoms with Crippen LogP contribution in [0.2, 0.25) is 0 Å². The number of aromatic carboxylic acids is 1. The molecule has 0 atom stereocenters. The van der Waals surface area contributed by atoms with Gasteiger partial charge in [0.05, 0.1) is 33.9 Å². The summed E-state index contributed by atoms with van der Waals surface area (Å²) < 4.78 is 33.0. The SMILES string of the molecule is Cc1cc(-c2ccc(N/N=C3/C=CC(=O)C(C(=O)O)=C3)c(C)c2)ccc1N=Nc1cn(-c2ccc(S(=O)(=O)O)cc2)nc1C(=O)O.[Na+].[Na+]. The molecule has 0 saturated carbocycles. The van der Waals surface area contributed by atoms with Crippen LogP contribution in [0.25, 0.3) is 16.8 Å². The minimum absolute atomic E-state index is 0. The number of carboxylic acids is 2. The number of benzene rings is 3. The molecule has 1 aromatic heterocycles. The number of hydrogen-bond donors (Lipinski definition) is 4. The third kappa shape index (κ3) is 8.89. The first kappa shape index (κ1) is 38.4. The molecule has 14 nitrogen and oxygen atoms in total. The number of carbonyl (C=O) groups excluding carboxylic acids is 1. The second kappa shape index (κ2) is 15.9. The summed E-state index contributed by atoms with van der Waals surface area (Å²) in [7, 11) is -4.39. The summed E-state index contributed by atoms with van der Waals surface area (Å²) in [6.45, 7) is 3.71. The Balaban J connectivity index is 0.00000312. The van der Waals surface area contributed by atoms with Gasteiger partial charge >= 0.3 is 71.1 Å². The maximum Gasteiger partial charge on any atom is 1.00 e. The number of aromatic nitrogens is 2. The molecule has 1 aliphatic rings. The van der Waals surface area contributed by atoms with Crippen molar-refractivity contribution in [2.75, 3.05) is 5.43 Å². The molecule has 0 spiro atoms. The molecule has 1 aliphatic carbocycles. The van der Waals surface area contributed by atoms with Crippen LogP contribution in [0.3, 0.4) is 0 Å². The zero-order valence-electron chi connectivity index (χ0n) is 26.1. The van der Waals surface area contributed by atoms with Crippen LogP contribution in [0.1, 0.15) is 21.6 Å². The number of carboxylic acid groups (broad SMARTS) is 2. The van der Waals surface area contributed by atoms with Gasteiger partial charge in [-0.3, -0.25) is 14.8 Å². The number of hydrogen-bond acceptors (Lipinski definition) is 10. The topological polar surface area (TPSA) is 213 Å². The fourth-order valence-electron chi connectivity index (χ4n) is 4.40. The van der Waals surface area contributed by atoms with Gasteiger partial charge in [0.2, 0.25) is 0 Å². The van der Waals surface area contributed by atoms with Crippen molar-refractivity contribution in [1.29, 1.82) is 0 Å². The van der Waals surface area contributed by atoms with Gasteiger partial charge in [0.25, 0.3) is 10.1 Å². The maximum atomic E-state index is 11.8. The Labute approximate surface area is 318 Å². The average molecular weight is 687 g/mol. The van der Waals surface area contributed by atoms with Crippen molar-refractivity contribution in [2.24, 2.45) is 15.3 Å². The summed E-state index contributed by atoms with van der Waals surface area (Å²) in [5.74, 6) is -3.25. The fraction of sp³-hybridized carbons (Fsp3) is 0.0645. The maximum absolute atomic E-state index is 11.8. The molecular formula is C31H24N6Na2O8S+2. The van der Waals surface area contributed by atoms with Crippen molar-refractivity contribution >= 4 is 50.6 Å². The monoisotopic (exact) mass is 686 g/mol. The van der Waals surface area contributed by atoms with E-state index in [1.807, 2.05) is 44.2 Å². The summed E-state index contributed by atoms with van der Waals surface area (Å²) in [6, 6.07) is 16.1. The van der Waals surface area contributed by atoms with Gasteiger partial charge < -0.3 is 10.2 Å². The average Bonchev–Trinajstić information content (AvgIpc) is 3.45. The van der Waals surface area contributed by atoms with E-state index in [-0.39, 0.29) is 86.7 Å². The normalized spacial score (nSPS) is 13.5. The van der Waals surface area contributed by atoms with Gasteiger partial charge in [-0.1, -0.05) is 12.1 Å². The van der Waals surface area contributed by atoms with Gasteiger partial charge in [0, 0.05) is 0 Å². The van der Waals surface area contributed by atoms with Crippen LogP contribution in [0.15, 0.2) is 111 Å². The van der Waals surface area contributed by atoms with Crippen LogP contribution < -0.4 is 64.5 Å². The number of carbonyl (C=O) groups is 3. The number of aryl methyl sites for hydroxylation is 2. The van der Waals surface area contributed by atoms with E-state index in [0.29, 0.717) is 17.1 Å². The van der Waals surface area contributed by atoms with Crippen LogP contribution in [0, 0.1) is 13.8 Å². The largest absolute Gasteiger partial charge is 1.00 e. The molecule has 48 heavy (non-hydrogen) atoms. The van der Waals surface area contributed by atoms with Gasteiger partial charge in [0.15, 0.2) is 11.5 Å². The molecule has 0 fully saturated rings. The van der Waals surface area contributed by atoms with Crippen molar-refractivity contribution < 1.29 is 96.7 Å². The number of anilines is 1. The number of hydrazone groups is 1. The molecule has 3 aromatic carbocycles. The minimum Gasteiger partial charge on any atom is -0.478 e. The molecule has 4 N–H and O–H groups in total. The standard InChI is InChI=1S/C31H24N6O8S.2Na/c1-17-13-19(3-10-25(17)33-32-21-5-12-28(38)24(15-21)30(39)40)20-4-11-26(18(2)14-20)34-35-27-16-37(36-29(27)31(41)42)22-6-8-23(9-7-22)46(43,44)45;;/h3-16,33H,1-2H3,(H,39,40)(H,41,42)(H,43,44,45);;/q;2*+1/b32-21-,35-34?;;. The van der Waals surface area contributed by atoms with E-state index in [0.717, 1.165) is 40.5 Å². The predicted molar refractivity (Wildman–Crippen MR) is 167 cm³/mol. The first-order chi connectivity index (χ1) is 21.8. The van der Waals surface area contributed by atoms with Crippen LogP contribution in [0.5, 0.6) is 0 Å². The third-order valence-corrected chi connectivity index (χ3v) is 7.69. The van der Waals surface area contributed by atoms with E-state index in [2.05, 4.69) is 25.9 Å². The molecule has 5 rings (SSSR count). The molecule has 0 unspecified atom stereocenters. The van der Waals surface area contributed by atoms with Gasteiger partial charge in [-0.05, 0) is 103 Å². The van der Waals surface area contributed by atoms with Crippen molar-refractivity contribution in [1.82, 2.24) is 9.78 Å². The number of aliphatic carboxylic acids is 1. The van der Waals surface area contributed by atoms with Gasteiger partial charge in [-0.2, -0.15) is 23.7 Å². The quantitative estimate of drug-likeness (QED) is 0.0440. The molecule has 0 saturated heterocycles. The van der Waals surface area contributed by atoms with Gasteiger partial charge in [0.1, 0.15) is 11.3 Å². The van der Waals surface area contributed by atoms with E-state index >= 15 is 0 Å². The van der Waals surface area contributed by atoms with E-state index in [1.54, 1.807) is 6.07 Å². The van der Waals surface area contributed by atoms with Crippen LogP contribution >= 0.6 is 0 Å². The van der Waals surface area contributed by atoms with Crippen LogP contribution in [-0.2, 0) is 19.7 Å². The van der Waals surface area contributed by atoms with Crippen molar-refractivity contribution in [3.05, 3.63) is 107 Å². The Hall–Kier alpha value is -4.06. The molecule has 0 amide bonds. The Morgan fingerprint density at radius 1 is 0.833 bits per heavy atom. The summed E-state index contributed by atoms with van der Waals surface area (Å²) in [4.78, 5) is 34.4. The summed E-state index contributed by atoms with van der Waals surface area (Å²) >= 11 is 0. The Morgan fingerprint density at radius 2 is 1.46 bits per heavy atom. The molecule has 0 radical (unpaired) electrons. The first-order valence-corrected chi connectivity index (χ1v) is 14.8. The Bertz CT molecular complexity index is 2160. The van der Waals surface area contributed by atoms with E-state index in [1.165, 1.54) is 35.2 Å². The molecule has 1 heterocycles. The van der Waals surface area contributed by atoms with Gasteiger partial charge in [-0.15, -0.1) is 5.11 Å². The Morgan fingerprint density at radius 3 is 2.04 bits per heavy atom. The second-order valence-electron chi connectivity index (χ2n) is 10.0. The molecule has 232 valence electrons. The molecule has 0 aliphatic heterocycles. The van der Waals surface area contributed by atoms with Crippen molar-refractivity contribution in [3.8, 4) is 16.8 Å². The zero-order chi connectivity index (χ0) is 33.2. The van der Waals surface area contributed by atoms with E-state index in [4.69, 9.17) is 5.11 Å². The van der Waals surface area contributed by atoms with Gasteiger partial charge in [-0.25, -0.2) is 14.3 Å². The second-order valence-corrected chi connectivity index (χ2v) is 11.4. The fourth-order valence-corrected chi connectivity index (χ4v) is 4.88. The van der Waals surface area contributed by atoms with Crippen molar-refractivity contribution in [2.45, 2.75) is 18.7 Å². The number of ketones is 1. The summed E-state index contributed by atoms with van der Waals surface area (Å²) in [6.07, 6.45) is 5.12. The number of allylic oxidation sites excluding steroid dienone is 3. The number of nitrogens with one attached hydrogen (secondary N) is 1. The molecular weight excluding hydrogens is 662 g/mol. The number of nitrogens with zero attached hydrogens (tertiary/aromatic N) is 5. The van der Waals surface area contributed by atoms with E-state index < -0.39 is 27.8 Å². The molecule has 0 bridgehead atoms. The third-order valence-electron chi connectivity index (χ3n) is 6.82. The van der Waals surface area contributed by atoms with Crippen LogP contribution in [-0.4, -0.2) is 56.4 Å². The zero-order valence-corrected chi connectivity index (χ0v) is 30.9. The predicted octanol–water partition coefficient (Wildman–Crippen LogP) is -0.558. The number of azo groups is 1. The summed E-state index contributed by atoms with van der Waals surface area (Å²) in [5.41, 5.74) is 7.34. The molecule has 17 heteroatoms. The van der Waals surface area contributed by atoms with Crippen LogP contribution in [0.4, 0.5) is 17.1 Å². The van der Waals surface area contributed by atoms with Crippen molar-refractivity contribution in [3.63, 3.8) is 0 Å². The summed E-state index contributed by atoms with van der Waals surface area (Å²) in [5, 5.41) is 35.3.